The van der Waals surface area contributed by atoms with Crippen molar-refractivity contribution in [2.75, 3.05) is 5.32 Å². The molecule has 1 aliphatic carbocycles. The molecule has 1 aromatic heterocycles. The van der Waals surface area contributed by atoms with Crippen LogP contribution in [0.5, 0.6) is 0 Å². The number of carbonyl (C=O) groups is 1. The van der Waals surface area contributed by atoms with Crippen LogP contribution < -0.4 is 5.32 Å². The maximum absolute atomic E-state index is 12.4. The predicted octanol–water partition coefficient (Wildman–Crippen LogP) is 3.67. The van der Waals surface area contributed by atoms with Gasteiger partial charge in [-0.05, 0) is 23.5 Å². The molecule has 1 aliphatic rings. The molecular weight excluding hydrogens is 298 g/mol. The summed E-state index contributed by atoms with van der Waals surface area (Å²) in [4.78, 5) is 12.4. The minimum Gasteiger partial charge on any atom is -0.323 e. The van der Waals surface area contributed by atoms with Crippen LogP contribution in [0.3, 0.4) is 0 Å². The number of anilines is 1. The molecule has 1 amide bonds. The zero-order valence-corrected chi connectivity index (χ0v) is 13.3. The number of hydrogen-bond donors (Lipinski definition) is 1. The average molecular weight is 317 g/mol. The summed E-state index contributed by atoms with van der Waals surface area (Å²) >= 11 is 0. The van der Waals surface area contributed by atoms with E-state index in [9.17, 15) is 4.79 Å². The second-order valence-corrected chi connectivity index (χ2v) is 6.26. The fourth-order valence-corrected chi connectivity index (χ4v) is 3.07. The third-order valence-electron chi connectivity index (χ3n) is 4.44. The van der Waals surface area contributed by atoms with E-state index in [0.29, 0.717) is 12.5 Å². The summed E-state index contributed by atoms with van der Waals surface area (Å²) in [7, 11) is 0. The van der Waals surface area contributed by atoms with Crippen LogP contribution in [-0.2, 0) is 11.3 Å². The molecule has 4 nitrogen and oxygen atoms in total. The Morgan fingerprint density at radius 3 is 2.54 bits per heavy atom. The Morgan fingerprint density at radius 2 is 1.79 bits per heavy atom. The van der Waals surface area contributed by atoms with Gasteiger partial charge in [-0.25, -0.2) is 0 Å². The van der Waals surface area contributed by atoms with Gasteiger partial charge in [0.25, 0.3) is 0 Å². The molecule has 2 aromatic carbocycles. The number of aromatic nitrogens is 2. The van der Waals surface area contributed by atoms with Crippen LogP contribution in [0.15, 0.2) is 73.1 Å². The molecule has 120 valence electrons. The first kappa shape index (κ1) is 14.7. The lowest BCUT2D eigenvalue weighted by molar-refractivity contribution is -0.117. The summed E-state index contributed by atoms with van der Waals surface area (Å²) in [6, 6.07) is 20.4. The SMILES string of the molecule is O=C(Nc1cnn(Cc2ccccc2)c1)C1CC1c1ccccc1. The standard InChI is InChI=1S/C20H19N3O/c24-20(19-11-18(19)16-9-5-2-6-10-16)22-17-12-21-23(14-17)13-15-7-3-1-4-8-15/h1-10,12,14,18-19H,11,13H2,(H,22,24). The Morgan fingerprint density at radius 1 is 1.08 bits per heavy atom. The fourth-order valence-electron chi connectivity index (χ4n) is 3.07. The summed E-state index contributed by atoms with van der Waals surface area (Å²) in [5, 5.41) is 7.31. The van der Waals surface area contributed by atoms with Gasteiger partial charge >= 0.3 is 0 Å². The maximum Gasteiger partial charge on any atom is 0.228 e. The van der Waals surface area contributed by atoms with Crippen molar-refractivity contribution >= 4 is 11.6 Å². The van der Waals surface area contributed by atoms with E-state index in [1.807, 2.05) is 47.3 Å². The lowest BCUT2D eigenvalue weighted by Gasteiger charge is -2.03. The van der Waals surface area contributed by atoms with E-state index in [2.05, 4.69) is 34.7 Å². The molecule has 1 heterocycles. The molecule has 0 radical (unpaired) electrons. The van der Waals surface area contributed by atoms with Crippen molar-refractivity contribution in [3.05, 3.63) is 84.2 Å². The zero-order valence-electron chi connectivity index (χ0n) is 13.3. The van der Waals surface area contributed by atoms with Crippen LogP contribution in [-0.4, -0.2) is 15.7 Å². The molecule has 0 aliphatic heterocycles. The van der Waals surface area contributed by atoms with Gasteiger partial charge in [0.1, 0.15) is 0 Å². The van der Waals surface area contributed by atoms with Crippen molar-refractivity contribution < 1.29 is 4.79 Å². The van der Waals surface area contributed by atoms with Gasteiger partial charge in [-0.1, -0.05) is 60.7 Å². The summed E-state index contributed by atoms with van der Waals surface area (Å²) in [5.41, 5.74) is 3.19. The highest BCUT2D eigenvalue weighted by Gasteiger charge is 2.43. The molecule has 4 rings (SSSR count). The van der Waals surface area contributed by atoms with Gasteiger partial charge in [-0.15, -0.1) is 0 Å². The maximum atomic E-state index is 12.4. The van der Waals surface area contributed by atoms with E-state index in [1.54, 1.807) is 6.20 Å². The van der Waals surface area contributed by atoms with Crippen molar-refractivity contribution in [3.8, 4) is 0 Å². The predicted molar refractivity (Wildman–Crippen MR) is 93.7 cm³/mol. The second-order valence-electron chi connectivity index (χ2n) is 6.26. The summed E-state index contributed by atoms with van der Waals surface area (Å²) in [6.07, 6.45) is 4.51. The molecule has 2 atom stereocenters. The highest BCUT2D eigenvalue weighted by molar-refractivity contribution is 5.95. The number of nitrogens with zero attached hydrogens (tertiary/aromatic N) is 2. The van der Waals surface area contributed by atoms with Crippen molar-refractivity contribution in [3.63, 3.8) is 0 Å². The molecule has 0 spiro atoms. The first-order valence-electron chi connectivity index (χ1n) is 8.22. The summed E-state index contributed by atoms with van der Waals surface area (Å²) in [6.45, 7) is 0.701. The number of carbonyl (C=O) groups excluding carboxylic acids is 1. The number of amides is 1. The van der Waals surface area contributed by atoms with Gasteiger partial charge in [0, 0.05) is 12.1 Å². The summed E-state index contributed by atoms with van der Waals surface area (Å²) in [5.74, 6) is 0.513. The van der Waals surface area contributed by atoms with Gasteiger partial charge in [0.2, 0.25) is 5.91 Å². The first-order chi connectivity index (χ1) is 11.8. The van der Waals surface area contributed by atoms with Gasteiger partial charge in [0.15, 0.2) is 0 Å². The highest BCUT2D eigenvalue weighted by Crippen LogP contribution is 2.47. The Balaban J connectivity index is 1.36. The van der Waals surface area contributed by atoms with Crippen LogP contribution >= 0.6 is 0 Å². The van der Waals surface area contributed by atoms with E-state index in [4.69, 9.17) is 0 Å². The molecule has 2 unspecified atom stereocenters. The number of hydrogen-bond acceptors (Lipinski definition) is 2. The minimum absolute atomic E-state index is 0.0740. The van der Waals surface area contributed by atoms with Crippen molar-refractivity contribution in [1.82, 2.24) is 9.78 Å². The van der Waals surface area contributed by atoms with Gasteiger partial charge in [-0.2, -0.15) is 5.10 Å². The van der Waals surface area contributed by atoms with Crippen molar-refractivity contribution in [1.29, 1.82) is 0 Å². The number of benzene rings is 2. The molecule has 1 N–H and O–H groups in total. The molecule has 0 saturated heterocycles. The van der Waals surface area contributed by atoms with Crippen molar-refractivity contribution in [2.45, 2.75) is 18.9 Å². The Labute approximate surface area is 141 Å². The van der Waals surface area contributed by atoms with Crippen molar-refractivity contribution in [2.24, 2.45) is 5.92 Å². The largest absolute Gasteiger partial charge is 0.323 e. The molecule has 4 heteroatoms. The highest BCUT2D eigenvalue weighted by atomic mass is 16.2. The molecular formula is C20H19N3O. The zero-order chi connectivity index (χ0) is 16.4. The lowest BCUT2D eigenvalue weighted by atomic mass is 10.1. The molecule has 24 heavy (non-hydrogen) atoms. The number of nitrogens with one attached hydrogen (secondary N) is 1. The van der Waals surface area contributed by atoms with E-state index >= 15 is 0 Å². The first-order valence-corrected chi connectivity index (χ1v) is 8.22. The Kier molecular flexibility index (Phi) is 3.87. The third kappa shape index (κ3) is 3.23. The normalized spacial score (nSPS) is 19.0. The second kappa shape index (κ2) is 6.32. The van der Waals surface area contributed by atoms with E-state index in [-0.39, 0.29) is 11.8 Å². The minimum atomic E-state index is 0.0740. The lowest BCUT2D eigenvalue weighted by Crippen LogP contribution is -2.14. The smallest absolute Gasteiger partial charge is 0.228 e. The number of rotatable bonds is 5. The van der Waals surface area contributed by atoms with Gasteiger partial charge < -0.3 is 5.32 Å². The van der Waals surface area contributed by atoms with Crippen LogP contribution in [0.1, 0.15) is 23.5 Å². The van der Waals surface area contributed by atoms with E-state index in [0.717, 1.165) is 12.1 Å². The topological polar surface area (TPSA) is 46.9 Å². The van der Waals surface area contributed by atoms with E-state index in [1.165, 1.54) is 11.1 Å². The monoisotopic (exact) mass is 317 g/mol. The van der Waals surface area contributed by atoms with Crippen LogP contribution in [0.4, 0.5) is 5.69 Å². The summed E-state index contributed by atoms with van der Waals surface area (Å²) < 4.78 is 1.84. The van der Waals surface area contributed by atoms with Gasteiger partial charge in [-0.3, -0.25) is 9.48 Å². The molecule has 1 fully saturated rings. The van der Waals surface area contributed by atoms with Crippen LogP contribution in [0.2, 0.25) is 0 Å². The van der Waals surface area contributed by atoms with Gasteiger partial charge in [0.05, 0.1) is 18.4 Å². The quantitative estimate of drug-likeness (QED) is 0.780. The van der Waals surface area contributed by atoms with Crippen LogP contribution in [0, 0.1) is 5.92 Å². The van der Waals surface area contributed by atoms with E-state index < -0.39 is 0 Å². The molecule has 0 bridgehead atoms. The third-order valence-corrected chi connectivity index (χ3v) is 4.44. The molecule has 1 saturated carbocycles. The average Bonchev–Trinajstić information content (AvgIpc) is 3.32. The van der Waals surface area contributed by atoms with Crippen LogP contribution in [0.25, 0.3) is 0 Å². The Bertz CT molecular complexity index is 826. The molecule has 3 aromatic rings. The Hall–Kier alpha value is -2.88. The fraction of sp³-hybridized carbons (Fsp3) is 0.200.